The van der Waals surface area contributed by atoms with E-state index in [0.29, 0.717) is 16.1 Å². The van der Waals surface area contributed by atoms with Crippen molar-refractivity contribution in [1.82, 2.24) is 10.6 Å². The van der Waals surface area contributed by atoms with E-state index in [1.54, 1.807) is 48.5 Å². The van der Waals surface area contributed by atoms with Gasteiger partial charge in [0.15, 0.2) is 0 Å². The molecule has 0 saturated carbocycles. The molecule has 2 aromatic carbocycles. The minimum atomic E-state index is -1.14. The van der Waals surface area contributed by atoms with Crippen LogP contribution in [0.5, 0.6) is 0 Å². The van der Waals surface area contributed by atoms with Crippen LogP contribution in [0.1, 0.15) is 36.2 Å². The molecule has 6 nitrogen and oxygen atoms in total. The Hall–Kier alpha value is -2.64. The van der Waals surface area contributed by atoms with Gasteiger partial charge in [0.1, 0.15) is 11.7 Å². The van der Waals surface area contributed by atoms with Crippen LogP contribution in [0, 0.1) is 5.92 Å². The molecule has 0 aliphatic heterocycles. The average molecular weight is 494 g/mol. The van der Waals surface area contributed by atoms with Gasteiger partial charge in [0, 0.05) is 15.1 Å². The number of carboxylic acids is 1. The molecule has 1 atom stereocenters. The number of carbonyl (C=O) groups is 3. The van der Waals surface area contributed by atoms with Gasteiger partial charge >= 0.3 is 5.97 Å². The van der Waals surface area contributed by atoms with E-state index in [0.717, 1.165) is 4.47 Å². The summed E-state index contributed by atoms with van der Waals surface area (Å²) in [7, 11) is 0. The Labute approximate surface area is 188 Å². The topological polar surface area (TPSA) is 95.5 Å². The van der Waals surface area contributed by atoms with Crippen LogP contribution in [-0.2, 0) is 9.59 Å². The van der Waals surface area contributed by atoms with Gasteiger partial charge < -0.3 is 15.7 Å². The highest BCUT2D eigenvalue weighted by atomic mass is 79.9. The molecule has 0 unspecified atom stereocenters. The van der Waals surface area contributed by atoms with Crippen molar-refractivity contribution >= 4 is 51.4 Å². The Morgan fingerprint density at radius 1 is 1.07 bits per heavy atom. The minimum absolute atomic E-state index is 0.0625. The largest absolute Gasteiger partial charge is 0.480 e. The highest BCUT2D eigenvalue weighted by molar-refractivity contribution is 9.10. The van der Waals surface area contributed by atoms with Gasteiger partial charge in [-0.1, -0.05) is 53.5 Å². The quantitative estimate of drug-likeness (QED) is 0.472. The lowest BCUT2D eigenvalue weighted by molar-refractivity contribution is -0.141. The van der Waals surface area contributed by atoms with E-state index in [-0.39, 0.29) is 18.0 Å². The SMILES string of the molecule is CC(C)C[C@H](NC(=O)/C(=C/c1ccc(Cl)cc1)NC(=O)c1ccc(Br)cc1)C(=O)O. The lowest BCUT2D eigenvalue weighted by Crippen LogP contribution is -2.45. The molecular formula is C22H22BrClN2O4. The van der Waals surface area contributed by atoms with Gasteiger partial charge in [-0.25, -0.2) is 4.79 Å². The molecule has 0 aliphatic carbocycles. The maximum atomic E-state index is 12.8. The van der Waals surface area contributed by atoms with Gasteiger partial charge in [-0.05, 0) is 60.4 Å². The lowest BCUT2D eigenvalue weighted by atomic mass is 10.0. The number of carbonyl (C=O) groups excluding carboxylic acids is 2. The summed E-state index contributed by atoms with van der Waals surface area (Å²) in [5, 5.41) is 15.0. The first-order chi connectivity index (χ1) is 14.2. The number of halogens is 2. The molecule has 0 aliphatic rings. The molecule has 0 saturated heterocycles. The highest BCUT2D eigenvalue weighted by Gasteiger charge is 2.24. The maximum Gasteiger partial charge on any atom is 0.326 e. The summed E-state index contributed by atoms with van der Waals surface area (Å²) in [5.41, 5.74) is 0.904. The zero-order chi connectivity index (χ0) is 22.3. The summed E-state index contributed by atoms with van der Waals surface area (Å²) in [6.45, 7) is 3.73. The molecule has 2 amide bonds. The number of carboxylic acid groups (broad SMARTS) is 1. The third-order valence-corrected chi connectivity index (χ3v) is 4.87. The van der Waals surface area contributed by atoms with Crippen molar-refractivity contribution in [3.05, 3.63) is 74.9 Å². The molecule has 0 aromatic heterocycles. The fourth-order valence-electron chi connectivity index (χ4n) is 2.61. The first-order valence-corrected chi connectivity index (χ1v) is 10.4. The Morgan fingerprint density at radius 3 is 2.20 bits per heavy atom. The van der Waals surface area contributed by atoms with Crippen molar-refractivity contribution in [2.45, 2.75) is 26.3 Å². The van der Waals surface area contributed by atoms with Gasteiger partial charge in [-0.3, -0.25) is 9.59 Å². The fourth-order valence-corrected chi connectivity index (χ4v) is 3.00. The van der Waals surface area contributed by atoms with Crippen molar-refractivity contribution in [3.63, 3.8) is 0 Å². The van der Waals surface area contributed by atoms with E-state index in [9.17, 15) is 19.5 Å². The number of aliphatic carboxylic acids is 1. The number of nitrogens with one attached hydrogen (secondary N) is 2. The van der Waals surface area contributed by atoms with Crippen LogP contribution in [0.3, 0.4) is 0 Å². The van der Waals surface area contributed by atoms with Gasteiger partial charge in [-0.15, -0.1) is 0 Å². The lowest BCUT2D eigenvalue weighted by Gasteiger charge is -2.18. The number of hydrogen-bond donors (Lipinski definition) is 3. The molecule has 0 bridgehead atoms. The normalized spacial score (nSPS) is 12.4. The van der Waals surface area contributed by atoms with Crippen LogP contribution in [0.25, 0.3) is 6.08 Å². The standard InChI is InChI=1S/C22H22BrClN2O4/c1-13(2)11-19(22(29)30)26-21(28)18(12-14-3-9-17(24)10-4-14)25-20(27)15-5-7-16(23)8-6-15/h3-10,12-13,19H,11H2,1-2H3,(H,25,27)(H,26,28)(H,29,30)/b18-12-/t19-/m0/s1. The van der Waals surface area contributed by atoms with E-state index in [2.05, 4.69) is 26.6 Å². The molecule has 2 rings (SSSR count). The smallest absolute Gasteiger partial charge is 0.326 e. The van der Waals surface area contributed by atoms with Crippen LogP contribution in [0.2, 0.25) is 5.02 Å². The molecule has 3 N–H and O–H groups in total. The van der Waals surface area contributed by atoms with Crippen molar-refractivity contribution in [2.75, 3.05) is 0 Å². The third kappa shape index (κ3) is 7.31. The van der Waals surface area contributed by atoms with Crippen molar-refractivity contribution in [2.24, 2.45) is 5.92 Å². The molecule has 158 valence electrons. The summed E-state index contributed by atoms with van der Waals surface area (Å²) in [5.74, 6) is -2.26. The third-order valence-electron chi connectivity index (χ3n) is 4.09. The van der Waals surface area contributed by atoms with Crippen molar-refractivity contribution in [3.8, 4) is 0 Å². The van der Waals surface area contributed by atoms with Gasteiger partial charge in [0.2, 0.25) is 0 Å². The predicted octanol–water partition coefficient (Wildman–Crippen LogP) is 4.49. The fraction of sp³-hybridized carbons (Fsp3) is 0.227. The Morgan fingerprint density at radius 2 is 1.67 bits per heavy atom. The van der Waals surface area contributed by atoms with Crippen LogP contribution >= 0.6 is 27.5 Å². The molecule has 0 spiro atoms. The van der Waals surface area contributed by atoms with Crippen LogP contribution < -0.4 is 10.6 Å². The van der Waals surface area contributed by atoms with Crippen LogP contribution in [0.15, 0.2) is 58.7 Å². The monoisotopic (exact) mass is 492 g/mol. The second kappa shape index (κ2) is 10.9. The summed E-state index contributed by atoms with van der Waals surface area (Å²) >= 11 is 9.21. The average Bonchev–Trinajstić information content (AvgIpc) is 2.68. The molecule has 2 aromatic rings. The minimum Gasteiger partial charge on any atom is -0.480 e. The number of benzene rings is 2. The van der Waals surface area contributed by atoms with E-state index in [4.69, 9.17) is 11.6 Å². The Balaban J connectivity index is 2.31. The summed E-state index contributed by atoms with van der Waals surface area (Å²) < 4.78 is 0.812. The van der Waals surface area contributed by atoms with Crippen molar-refractivity contribution in [1.29, 1.82) is 0 Å². The van der Waals surface area contributed by atoms with E-state index < -0.39 is 23.8 Å². The first kappa shape index (κ1) is 23.6. The number of amides is 2. The zero-order valence-corrected chi connectivity index (χ0v) is 18.8. The number of rotatable bonds is 8. The molecule has 8 heteroatoms. The second-order valence-corrected chi connectivity index (χ2v) is 8.42. The molecular weight excluding hydrogens is 472 g/mol. The molecule has 0 fully saturated rings. The summed E-state index contributed by atoms with van der Waals surface area (Å²) in [4.78, 5) is 37.0. The van der Waals surface area contributed by atoms with Gasteiger partial charge in [0.05, 0.1) is 0 Å². The summed E-state index contributed by atoms with van der Waals surface area (Å²) in [6, 6.07) is 12.2. The van der Waals surface area contributed by atoms with E-state index in [1.165, 1.54) is 6.08 Å². The highest BCUT2D eigenvalue weighted by Crippen LogP contribution is 2.14. The molecule has 0 radical (unpaired) electrons. The van der Waals surface area contributed by atoms with Crippen LogP contribution in [0.4, 0.5) is 0 Å². The first-order valence-electron chi connectivity index (χ1n) is 9.23. The van der Waals surface area contributed by atoms with Gasteiger partial charge in [0.25, 0.3) is 11.8 Å². The zero-order valence-electron chi connectivity index (χ0n) is 16.5. The number of hydrogen-bond acceptors (Lipinski definition) is 3. The molecule has 0 heterocycles. The van der Waals surface area contributed by atoms with Crippen molar-refractivity contribution < 1.29 is 19.5 Å². The van der Waals surface area contributed by atoms with E-state index in [1.807, 2.05) is 13.8 Å². The molecule has 30 heavy (non-hydrogen) atoms. The summed E-state index contributed by atoms with van der Waals surface area (Å²) in [6.07, 6.45) is 1.73. The predicted molar refractivity (Wildman–Crippen MR) is 120 cm³/mol. The Bertz CT molecular complexity index is 941. The maximum absolute atomic E-state index is 12.8. The van der Waals surface area contributed by atoms with E-state index >= 15 is 0 Å². The van der Waals surface area contributed by atoms with Gasteiger partial charge in [-0.2, -0.15) is 0 Å². The van der Waals surface area contributed by atoms with Crippen LogP contribution in [-0.4, -0.2) is 28.9 Å². The Kier molecular flexibility index (Phi) is 8.62. The second-order valence-electron chi connectivity index (χ2n) is 7.06.